The summed E-state index contributed by atoms with van der Waals surface area (Å²) < 4.78 is 0. The average Bonchev–Trinajstić information content (AvgIpc) is 1.88. The van der Waals surface area contributed by atoms with Crippen molar-refractivity contribution >= 4 is 11.6 Å². The summed E-state index contributed by atoms with van der Waals surface area (Å²) in [4.78, 5) is 2.18. The van der Waals surface area contributed by atoms with E-state index in [1.54, 1.807) is 0 Å². The molecule has 0 aromatic carbocycles. The number of rotatable bonds is 1. The van der Waals surface area contributed by atoms with Gasteiger partial charge >= 0.3 is 0 Å². The van der Waals surface area contributed by atoms with Crippen LogP contribution in [0.5, 0.6) is 0 Å². The molecule has 1 aliphatic rings. The standard InChI is InChI=1S/C8H12ClN/c1-10(2)8-5-3-7(9)4-6-8/h3-5,8H,6H2,1-2H3. The van der Waals surface area contributed by atoms with Crippen LogP contribution in [0.1, 0.15) is 6.42 Å². The highest BCUT2D eigenvalue weighted by molar-refractivity contribution is 6.31. The van der Waals surface area contributed by atoms with E-state index in [1.807, 2.05) is 12.2 Å². The number of halogens is 1. The molecule has 1 rings (SSSR count). The third kappa shape index (κ3) is 1.86. The smallest absolute Gasteiger partial charge is 0.0364 e. The maximum absolute atomic E-state index is 5.74. The largest absolute Gasteiger partial charge is 0.303 e. The number of hydrogen-bond donors (Lipinski definition) is 0. The maximum Gasteiger partial charge on any atom is 0.0364 e. The molecule has 1 unspecified atom stereocenters. The van der Waals surface area contributed by atoms with Crippen LogP contribution in [0.15, 0.2) is 23.3 Å². The summed E-state index contributed by atoms with van der Waals surface area (Å²) in [6, 6.07) is 0.530. The molecule has 0 saturated carbocycles. The fourth-order valence-corrected chi connectivity index (χ4v) is 1.13. The molecule has 0 N–H and O–H groups in total. The van der Waals surface area contributed by atoms with Crippen LogP contribution in [0.3, 0.4) is 0 Å². The second kappa shape index (κ2) is 3.22. The van der Waals surface area contributed by atoms with Gasteiger partial charge in [-0.05, 0) is 26.6 Å². The molecule has 56 valence electrons. The number of likely N-dealkylation sites (N-methyl/N-ethyl adjacent to an activating group) is 1. The molecule has 0 aliphatic heterocycles. The van der Waals surface area contributed by atoms with E-state index < -0.39 is 0 Å². The van der Waals surface area contributed by atoms with Crippen molar-refractivity contribution in [2.24, 2.45) is 0 Å². The van der Waals surface area contributed by atoms with Gasteiger partial charge in [0.05, 0.1) is 0 Å². The second-order valence-corrected chi connectivity index (χ2v) is 3.15. The maximum atomic E-state index is 5.74. The lowest BCUT2D eigenvalue weighted by atomic mass is 10.1. The van der Waals surface area contributed by atoms with Crippen LogP contribution in [-0.4, -0.2) is 25.0 Å². The van der Waals surface area contributed by atoms with Gasteiger partial charge in [0.15, 0.2) is 0 Å². The van der Waals surface area contributed by atoms with Crippen LogP contribution in [0.4, 0.5) is 0 Å². The Morgan fingerprint density at radius 1 is 1.60 bits per heavy atom. The van der Waals surface area contributed by atoms with Gasteiger partial charge < -0.3 is 4.90 Å². The fourth-order valence-electron chi connectivity index (χ4n) is 0.966. The molecule has 0 saturated heterocycles. The Hall–Kier alpha value is -0.270. The third-order valence-electron chi connectivity index (χ3n) is 1.70. The third-order valence-corrected chi connectivity index (χ3v) is 1.98. The lowest BCUT2D eigenvalue weighted by molar-refractivity contribution is 0.343. The highest BCUT2D eigenvalue weighted by atomic mass is 35.5. The lowest BCUT2D eigenvalue weighted by Gasteiger charge is -2.21. The lowest BCUT2D eigenvalue weighted by Crippen LogP contribution is -2.26. The Balaban J connectivity index is 2.52. The molecule has 10 heavy (non-hydrogen) atoms. The van der Waals surface area contributed by atoms with Gasteiger partial charge in [-0.2, -0.15) is 0 Å². The van der Waals surface area contributed by atoms with E-state index in [-0.39, 0.29) is 0 Å². The molecular formula is C8H12ClN. The van der Waals surface area contributed by atoms with Gasteiger partial charge in [-0.25, -0.2) is 0 Å². The van der Waals surface area contributed by atoms with E-state index in [0.29, 0.717) is 6.04 Å². The molecule has 1 atom stereocenters. The summed E-state index contributed by atoms with van der Waals surface area (Å²) >= 11 is 5.74. The molecule has 0 bridgehead atoms. The van der Waals surface area contributed by atoms with E-state index in [9.17, 15) is 0 Å². The van der Waals surface area contributed by atoms with Crippen LogP contribution < -0.4 is 0 Å². The van der Waals surface area contributed by atoms with E-state index in [2.05, 4.69) is 25.1 Å². The summed E-state index contributed by atoms with van der Waals surface area (Å²) in [5.41, 5.74) is 0. The van der Waals surface area contributed by atoms with Gasteiger partial charge in [0, 0.05) is 11.1 Å². The quantitative estimate of drug-likeness (QED) is 0.563. The predicted molar refractivity (Wildman–Crippen MR) is 45.2 cm³/mol. The summed E-state index contributed by atoms with van der Waals surface area (Å²) in [6.07, 6.45) is 7.16. The van der Waals surface area contributed by atoms with E-state index >= 15 is 0 Å². The van der Waals surface area contributed by atoms with Crippen LogP contribution >= 0.6 is 11.6 Å². The molecule has 2 heteroatoms. The first-order valence-electron chi connectivity index (χ1n) is 3.40. The number of allylic oxidation sites excluding steroid dienone is 2. The predicted octanol–water partition coefficient (Wildman–Crippen LogP) is 2.00. The highest BCUT2D eigenvalue weighted by Crippen LogP contribution is 2.15. The van der Waals surface area contributed by atoms with Crippen molar-refractivity contribution in [2.45, 2.75) is 12.5 Å². The van der Waals surface area contributed by atoms with Crippen molar-refractivity contribution in [3.8, 4) is 0 Å². The Bertz CT molecular complexity index is 170. The minimum absolute atomic E-state index is 0.530. The minimum atomic E-state index is 0.530. The Labute approximate surface area is 67.0 Å². The Kier molecular flexibility index (Phi) is 2.52. The van der Waals surface area contributed by atoms with Gasteiger partial charge in [0.1, 0.15) is 0 Å². The normalized spacial score (nSPS) is 25.2. The minimum Gasteiger partial charge on any atom is -0.303 e. The topological polar surface area (TPSA) is 3.24 Å². The van der Waals surface area contributed by atoms with Gasteiger partial charge in [-0.15, -0.1) is 0 Å². The molecule has 0 heterocycles. The zero-order valence-electron chi connectivity index (χ0n) is 6.34. The zero-order valence-corrected chi connectivity index (χ0v) is 7.10. The van der Waals surface area contributed by atoms with E-state index in [1.165, 1.54) is 0 Å². The molecule has 0 fully saturated rings. The van der Waals surface area contributed by atoms with Crippen molar-refractivity contribution < 1.29 is 0 Å². The molecule has 0 radical (unpaired) electrons. The summed E-state index contributed by atoms with van der Waals surface area (Å²) in [7, 11) is 4.14. The molecule has 1 nitrogen and oxygen atoms in total. The summed E-state index contributed by atoms with van der Waals surface area (Å²) in [5.74, 6) is 0. The van der Waals surface area contributed by atoms with Gasteiger partial charge in [-0.3, -0.25) is 0 Å². The molecule has 0 aromatic rings. The second-order valence-electron chi connectivity index (χ2n) is 2.71. The van der Waals surface area contributed by atoms with Crippen molar-refractivity contribution in [2.75, 3.05) is 14.1 Å². The SMILES string of the molecule is CN(C)C1C=CC(Cl)=CC1. The molecule has 0 amide bonds. The van der Waals surface area contributed by atoms with E-state index in [4.69, 9.17) is 11.6 Å². The van der Waals surface area contributed by atoms with Crippen molar-refractivity contribution in [3.05, 3.63) is 23.3 Å². The Morgan fingerprint density at radius 3 is 2.70 bits per heavy atom. The zero-order chi connectivity index (χ0) is 7.56. The Morgan fingerprint density at radius 2 is 2.30 bits per heavy atom. The number of nitrogens with zero attached hydrogens (tertiary/aromatic N) is 1. The van der Waals surface area contributed by atoms with Crippen molar-refractivity contribution in [1.29, 1.82) is 0 Å². The molecule has 1 aliphatic carbocycles. The molecular weight excluding hydrogens is 146 g/mol. The highest BCUT2D eigenvalue weighted by Gasteiger charge is 2.08. The fraction of sp³-hybridized carbons (Fsp3) is 0.500. The summed E-state index contributed by atoms with van der Waals surface area (Å²) in [6.45, 7) is 0. The van der Waals surface area contributed by atoms with Crippen LogP contribution in [0.2, 0.25) is 0 Å². The average molecular weight is 158 g/mol. The summed E-state index contributed by atoms with van der Waals surface area (Å²) in [5, 5.41) is 0.859. The first-order chi connectivity index (χ1) is 4.70. The van der Waals surface area contributed by atoms with Crippen LogP contribution in [0, 0.1) is 0 Å². The molecule has 0 spiro atoms. The molecule has 0 aromatic heterocycles. The van der Waals surface area contributed by atoms with Gasteiger partial charge in [0.25, 0.3) is 0 Å². The number of hydrogen-bond acceptors (Lipinski definition) is 1. The first-order valence-corrected chi connectivity index (χ1v) is 3.78. The van der Waals surface area contributed by atoms with E-state index in [0.717, 1.165) is 11.5 Å². The first kappa shape index (κ1) is 7.83. The monoisotopic (exact) mass is 157 g/mol. The van der Waals surface area contributed by atoms with Crippen molar-refractivity contribution in [3.63, 3.8) is 0 Å². The van der Waals surface area contributed by atoms with Crippen LogP contribution in [-0.2, 0) is 0 Å². The van der Waals surface area contributed by atoms with Gasteiger partial charge in [0.2, 0.25) is 0 Å². The van der Waals surface area contributed by atoms with Crippen molar-refractivity contribution in [1.82, 2.24) is 4.90 Å². The van der Waals surface area contributed by atoms with Crippen LogP contribution in [0.25, 0.3) is 0 Å². The van der Waals surface area contributed by atoms with Gasteiger partial charge in [-0.1, -0.05) is 23.8 Å².